The third-order valence-electron chi connectivity index (χ3n) is 4.31. The molecule has 1 N–H and O–H groups in total. The fourth-order valence-corrected chi connectivity index (χ4v) is 2.86. The maximum Gasteiger partial charge on any atom is 0.248 e. The molecule has 0 unspecified atom stereocenters. The van der Waals surface area contributed by atoms with Gasteiger partial charge in [-0.15, -0.1) is 10.2 Å². The number of benzene rings is 1. The second-order valence-electron chi connectivity index (χ2n) is 6.29. The van der Waals surface area contributed by atoms with E-state index >= 15 is 0 Å². The van der Waals surface area contributed by atoms with Crippen LogP contribution in [0.4, 0.5) is 5.69 Å². The SMILES string of the molecule is O=C(/C=C/c1cnccc1-c1ccco1)Nc1ccc(CCc2nnco2)cc1. The number of hydrogen-bond donors (Lipinski definition) is 1. The molecule has 0 atom stereocenters. The summed E-state index contributed by atoms with van der Waals surface area (Å²) >= 11 is 0. The molecule has 1 amide bonds. The fourth-order valence-electron chi connectivity index (χ4n) is 2.86. The van der Waals surface area contributed by atoms with Crippen LogP contribution < -0.4 is 5.32 Å². The van der Waals surface area contributed by atoms with Crippen molar-refractivity contribution in [2.24, 2.45) is 0 Å². The zero-order valence-electron chi connectivity index (χ0n) is 15.5. The molecule has 4 rings (SSSR count). The maximum absolute atomic E-state index is 12.3. The number of nitrogens with one attached hydrogen (secondary N) is 1. The van der Waals surface area contributed by atoms with Crippen LogP contribution in [0.3, 0.4) is 0 Å². The molecule has 0 spiro atoms. The molecule has 144 valence electrons. The number of pyridine rings is 1. The van der Waals surface area contributed by atoms with Gasteiger partial charge in [0.15, 0.2) is 0 Å². The lowest BCUT2D eigenvalue weighted by atomic mass is 10.1. The molecule has 0 saturated carbocycles. The lowest BCUT2D eigenvalue weighted by Crippen LogP contribution is -2.07. The van der Waals surface area contributed by atoms with E-state index in [-0.39, 0.29) is 5.91 Å². The van der Waals surface area contributed by atoms with Crippen LogP contribution in [0.1, 0.15) is 17.0 Å². The van der Waals surface area contributed by atoms with Gasteiger partial charge < -0.3 is 14.2 Å². The largest absolute Gasteiger partial charge is 0.464 e. The highest BCUT2D eigenvalue weighted by Crippen LogP contribution is 2.24. The molecule has 7 nitrogen and oxygen atoms in total. The Balaban J connectivity index is 1.36. The van der Waals surface area contributed by atoms with Crippen LogP contribution in [0.25, 0.3) is 17.4 Å². The Hall–Kier alpha value is -4.00. The summed E-state index contributed by atoms with van der Waals surface area (Å²) in [5, 5.41) is 10.4. The first kappa shape index (κ1) is 18.4. The Labute approximate surface area is 167 Å². The van der Waals surface area contributed by atoms with E-state index in [1.807, 2.05) is 42.5 Å². The molecule has 4 aromatic rings. The van der Waals surface area contributed by atoms with Crippen molar-refractivity contribution in [3.8, 4) is 11.3 Å². The molecule has 0 aliphatic carbocycles. The van der Waals surface area contributed by atoms with Gasteiger partial charge in [-0.1, -0.05) is 12.1 Å². The number of carbonyl (C=O) groups excluding carboxylic acids is 1. The molecule has 0 saturated heterocycles. The number of anilines is 1. The van der Waals surface area contributed by atoms with Crippen LogP contribution in [0, 0.1) is 0 Å². The lowest BCUT2D eigenvalue weighted by molar-refractivity contribution is -0.111. The number of furan rings is 1. The summed E-state index contributed by atoms with van der Waals surface area (Å²) in [6.45, 7) is 0. The van der Waals surface area contributed by atoms with E-state index < -0.39 is 0 Å². The van der Waals surface area contributed by atoms with Gasteiger partial charge in [-0.25, -0.2) is 0 Å². The summed E-state index contributed by atoms with van der Waals surface area (Å²) in [4.78, 5) is 16.4. The average Bonchev–Trinajstić information content (AvgIpc) is 3.46. The minimum absolute atomic E-state index is 0.224. The van der Waals surface area contributed by atoms with Gasteiger partial charge in [0.25, 0.3) is 0 Å². The third-order valence-corrected chi connectivity index (χ3v) is 4.31. The van der Waals surface area contributed by atoms with E-state index in [0.717, 1.165) is 34.6 Å². The average molecular weight is 386 g/mol. The van der Waals surface area contributed by atoms with Crippen molar-refractivity contribution in [2.75, 3.05) is 5.32 Å². The van der Waals surface area contributed by atoms with E-state index in [4.69, 9.17) is 8.83 Å². The molecule has 29 heavy (non-hydrogen) atoms. The summed E-state index contributed by atoms with van der Waals surface area (Å²) in [6.07, 6.45) is 11.0. The number of aryl methyl sites for hydroxylation is 2. The van der Waals surface area contributed by atoms with Crippen LogP contribution in [-0.4, -0.2) is 21.1 Å². The number of amides is 1. The molecular formula is C22H18N4O3. The van der Waals surface area contributed by atoms with Crippen LogP contribution in [-0.2, 0) is 17.6 Å². The van der Waals surface area contributed by atoms with Crippen LogP contribution in [0.2, 0.25) is 0 Å². The van der Waals surface area contributed by atoms with E-state index in [1.165, 1.54) is 12.5 Å². The summed E-state index contributed by atoms with van der Waals surface area (Å²) in [5.74, 6) is 1.11. The molecule has 3 heterocycles. The first-order chi connectivity index (χ1) is 14.3. The highest BCUT2D eigenvalue weighted by atomic mass is 16.4. The van der Waals surface area contributed by atoms with Gasteiger partial charge in [0.2, 0.25) is 18.2 Å². The Kier molecular flexibility index (Phi) is 5.57. The van der Waals surface area contributed by atoms with E-state index in [1.54, 1.807) is 24.7 Å². The molecule has 0 aliphatic rings. The van der Waals surface area contributed by atoms with Gasteiger partial charge in [0.05, 0.1) is 6.26 Å². The van der Waals surface area contributed by atoms with Crippen molar-refractivity contribution in [1.82, 2.24) is 15.2 Å². The molecule has 1 aromatic carbocycles. The normalized spacial score (nSPS) is 11.0. The Bertz CT molecular complexity index is 1090. The minimum Gasteiger partial charge on any atom is -0.464 e. The Morgan fingerprint density at radius 2 is 1.97 bits per heavy atom. The summed E-state index contributed by atoms with van der Waals surface area (Å²) in [6, 6.07) is 13.2. The highest BCUT2D eigenvalue weighted by molar-refractivity contribution is 6.02. The van der Waals surface area contributed by atoms with Gasteiger partial charge in [-0.3, -0.25) is 9.78 Å². The first-order valence-electron chi connectivity index (χ1n) is 9.09. The first-order valence-corrected chi connectivity index (χ1v) is 9.09. The maximum atomic E-state index is 12.3. The minimum atomic E-state index is -0.224. The predicted octanol–water partition coefficient (Wildman–Crippen LogP) is 4.16. The van der Waals surface area contributed by atoms with Crippen molar-refractivity contribution in [1.29, 1.82) is 0 Å². The predicted molar refractivity (Wildman–Crippen MR) is 108 cm³/mol. The van der Waals surface area contributed by atoms with E-state index in [0.29, 0.717) is 12.3 Å². The summed E-state index contributed by atoms with van der Waals surface area (Å²) in [7, 11) is 0. The van der Waals surface area contributed by atoms with Crippen molar-refractivity contribution in [3.63, 3.8) is 0 Å². The van der Waals surface area contributed by atoms with Gasteiger partial charge in [0, 0.05) is 41.7 Å². The molecule has 0 radical (unpaired) electrons. The Morgan fingerprint density at radius 1 is 1.07 bits per heavy atom. The number of carbonyl (C=O) groups is 1. The van der Waals surface area contributed by atoms with Crippen LogP contribution in [0.15, 0.2) is 82.4 Å². The smallest absolute Gasteiger partial charge is 0.248 e. The monoisotopic (exact) mass is 386 g/mol. The summed E-state index contributed by atoms with van der Waals surface area (Å²) in [5.41, 5.74) is 3.52. The zero-order valence-corrected chi connectivity index (χ0v) is 15.5. The van der Waals surface area contributed by atoms with Crippen molar-refractivity contribution >= 4 is 17.7 Å². The third kappa shape index (κ3) is 4.84. The van der Waals surface area contributed by atoms with E-state index in [9.17, 15) is 4.79 Å². The molecule has 0 aliphatic heterocycles. The van der Waals surface area contributed by atoms with Crippen molar-refractivity contribution < 1.29 is 13.6 Å². The highest BCUT2D eigenvalue weighted by Gasteiger charge is 2.06. The molecule has 0 bridgehead atoms. The van der Waals surface area contributed by atoms with Crippen molar-refractivity contribution in [2.45, 2.75) is 12.8 Å². The van der Waals surface area contributed by atoms with Crippen LogP contribution in [0.5, 0.6) is 0 Å². The van der Waals surface area contributed by atoms with Gasteiger partial charge in [-0.05, 0) is 48.4 Å². The zero-order chi connectivity index (χ0) is 19.9. The number of rotatable bonds is 7. The molecule has 0 fully saturated rings. The molecule has 7 heteroatoms. The second kappa shape index (κ2) is 8.79. The van der Waals surface area contributed by atoms with Gasteiger partial charge >= 0.3 is 0 Å². The van der Waals surface area contributed by atoms with Crippen LogP contribution >= 0.6 is 0 Å². The lowest BCUT2D eigenvalue weighted by Gasteiger charge is -2.05. The summed E-state index contributed by atoms with van der Waals surface area (Å²) < 4.78 is 10.6. The van der Waals surface area contributed by atoms with E-state index in [2.05, 4.69) is 20.5 Å². The fraction of sp³-hybridized carbons (Fsp3) is 0.0909. The second-order valence-corrected chi connectivity index (χ2v) is 6.29. The van der Waals surface area contributed by atoms with Gasteiger partial charge in [-0.2, -0.15) is 0 Å². The Morgan fingerprint density at radius 3 is 2.72 bits per heavy atom. The molecule has 3 aromatic heterocycles. The quantitative estimate of drug-likeness (QED) is 0.479. The standard InChI is InChI=1S/C22H18N4O3/c27-21(9-6-17-14-23-12-11-19(17)20-2-1-13-28-20)25-18-7-3-16(4-8-18)5-10-22-26-24-15-29-22/h1-4,6-9,11-15H,5,10H2,(H,25,27)/b9-6+. The van der Waals surface area contributed by atoms with Gasteiger partial charge in [0.1, 0.15) is 5.76 Å². The van der Waals surface area contributed by atoms with Crippen molar-refractivity contribution in [3.05, 3.63) is 90.6 Å². The number of hydrogen-bond acceptors (Lipinski definition) is 6. The topological polar surface area (TPSA) is 94.1 Å². The number of nitrogens with zero attached hydrogens (tertiary/aromatic N) is 3. The number of aromatic nitrogens is 3. The molecular weight excluding hydrogens is 368 g/mol.